The number of nitrogens with zero attached hydrogens (tertiary/aromatic N) is 4. The summed E-state index contributed by atoms with van der Waals surface area (Å²) in [5.41, 5.74) is 2.58. The van der Waals surface area contributed by atoms with Crippen molar-refractivity contribution in [3.05, 3.63) is 88.5 Å². The molecule has 28 heavy (non-hydrogen) atoms. The van der Waals surface area contributed by atoms with Gasteiger partial charge in [0, 0.05) is 16.7 Å². The molecular formula is C21H12Cl2N4O. The molecule has 136 valence electrons. The Hall–Kier alpha value is -3.33. The van der Waals surface area contributed by atoms with Crippen molar-refractivity contribution in [2.24, 2.45) is 0 Å². The van der Waals surface area contributed by atoms with E-state index in [4.69, 9.17) is 27.9 Å². The highest BCUT2D eigenvalue weighted by Gasteiger charge is 2.16. The number of para-hydroxylation sites is 2. The summed E-state index contributed by atoms with van der Waals surface area (Å²) in [5.74, 6) is 0.952. The van der Waals surface area contributed by atoms with Gasteiger partial charge >= 0.3 is 0 Å². The van der Waals surface area contributed by atoms with Crippen LogP contribution in [-0.4, -0.2) is 15.0 Å². The van der Waals surface area contributed by atoms with Gasteiger partial charge in [-0.3, -0.25) is 0 Å². The number of hydrogen-bond donors (Lipinski definition) is 0. The fourth-order valence-electron chi connectivity index (χ4n) is 2.79. The normalized spacial score (nSPS) is 10.5. The lowest BCUT2D eigenvalue weighted by molar-refractivity contribution is 0.478. The summed E-state index contributed by atoms with van der Waals surface area (Å²) in [7, 11) is 0. The van der Waals surface area contributed by atoms with E-state index in [1.165, 1.54) is 0 Å². The van der Waals surface area contributed by atoms with Crippen molar-refractivity contribution in [1.29, 1.82) is 5.26 Å². The first kappa shape index (κ1) is 18.1. The monoisotopic (exact) mass is 406 g/mol. The van der Waals surface area contributed by atoms with E-state index in [-0.39, 0.29) is 0 Å². The molecule has 0 saturated heterocycles. The molecule has 0 unspecified atom stereocenters. The van der Waals surface area contributed by atoms with Crippen LogP contribution in [-0.2, 0) is 0 Å². The van der Waals surface area contributed by atoms with Crippen molar-refractivity contribution in [3.63, 3.8) is 0 Å². The lowest BCUT2D eigenvalue weighted by atomic mass is 10.1. The first-order valence-electron chi connectivity index (χ1n) is 8.30. The molecule has 0 N–H and O–H groups in total. The van der Waals surface area contributed by atoms with Crippen LogP contribution in [0, 0.1) is 11.3 Å². The second-order valence-corrected chi connectivity index (χ2v) is 6.68. The van der Waals surface area contributed by atoms with Crippen LogP contribution in [0.2, 0.25) is 10.0 Å². The SMILES string of the molecule is N#Cc1ccccc1-c1cnnn1-c1ccccc1Oc1cc(Cl)ccc1Cl. The molecule has 0 spiro atoms. The highest BCUT2D eigenvalue weighted by Crippen LogP contribution is 2.35. The third-order valence-corrected chi connectivity index (χ3v) is 4.63. The van der Waals surface area contributed by atoms with Gasteiger partial charge in [-0.05, 0) is 30.3 Å². The molecule has 7 heteroatoms. The van der Waals surface area contributed by atoms with Crippen molar-refractivity contribution in [2.75, 3.05) is 0 Å². The fourth-order valence-corrected chi connectivity index (χ4v) is 3.11. The van der Waals surface area contributed by atoms with E-state index in [2.05, 4.69) is 16.4 Å². The summed E-state index contributed by atoms with van der Waals surface area (Å²) >= 11 is 12.3. The van der Waals surface area contributed by atoms with Crippen LogP contribution in [0.3, 0.4) is 0 Å². The molecule has 0 aliphatic carbocycles. The van der Waals surface area contributed by atoms with E-state index in [1.54, 1.807) is 41.2 Å². The predicted molar refractivity (Wildman–Crippen MR) is 108 cm³/mol. The zero-order valence-corrected chi connectivity index (χ0v) is 15.9. The number of aromatic nitrogens is 3. The molecule has 0 amide bonds. The third kappa shape index (κ3) is 3.44. The molecule has 3 aromatic carbocycles. The van der Waals surface area contributed by atoms with Gasteiger partial charge < -0.3 is 4.74 Å². The first-order chi connectivity index (χ1) is 13.7. The molecule has 0 aliphatic rings. The molecule has 0 fully saturated rings. The van der Waals surface area contributed by atoms with E-state index in [0.29, 0.717) is 38.5 Å². The van der Waals surface area contributed by atoms with Crippen LogP contribution < -0.4 is 4.74 Å². The second-order valence-electron chi connectivity index (χ2n) is 5.83. The molecular weight excluding hydrogens is 395 g/mol. The van der Waals surface area contributed by atoms with Gasteiger partial charge in [-0.15, -0.1) is 5.10 Å². The zero-order chi connectivity index (χ0) is 19.5. The van der Waals surface area contributed by atoms with Gasteiger partial charge in [0.25, 0.3) is 0 Å². The van der Waals surface area contributed by atoms with E-state index < -0.39 is 0 Å². The molecule has 1 aromatic heterocycles. The van der Waals surface area contributed by atoms with Crippen molar-refractivity contribution < 1.29 is 4.74 Å². The van der Waals surface area contributed by atoms with Crippen molar-refractivity contribution in [3.8, 4) is 34.5 Å². The molecule has 4 rings (SSSR count). The Balaban J connectivity index is 1.82. The lowest BCUT2D eigenvalue weighted by Gasteiger charge is -2.14. The molecule has 0 radical (unpaired) electrons. The number of halogens is 2. The van der Waals surface area contributed by atoms with Crippen LogP contribution >= 0.6 is 23.2 Å². The summed E-state index contributed by atoms with van der Waals surface area (Å²) in [4.78, 5) is 0. The summed E-state index contributed by atoms with van der Waals surface area (Å²) < 4.78 is 7.65. The summed E-state index contributed by atoms with van der Waals surface area (Å²) in [6.45, 7) is 0. The summed E-state index contributed by atoms with van der Waals surface area (Å²) in [5, 5.41) is 18.6. The van der Waals surface area contributed by atoms with Crippen molar-refractivity contribution in [1.82, 2.24) is 15.0 Å². The highest BCUT2D eigenvalue weighted by molar-refractivity contribution is 6.34. The molecule has 0 saturated carbocycles. The molecule has 5 nitrogen and oxygen atoms in total. The van der Waals surface area contributed by atoms with Gasteiger partial charge in [-0.25, -0.2) is 4.68 Å². The van der Waals surface area contributed by atoms with Crippen LogP contribution in [0.1, 0.15) is 5.56 Å². The largest absolute Gasteiger partial charge is 0.453 e. The Labute approximate surface area is 171 Å². The number of rotatable bonds is 4. The molecule has 4 aromatic rings. The minimum atomic E-state index is 0.431. The highest BCUT2D eigenvalue weighted by atomic mass is 35.5. The van der Waals surface area contributed by atoms with E-state index in [9.17, 15) is 5.26 Å². The van der Waals surface area contributed by atoms with Crippen molar-refractivity contribution >= 4 is 23.2 Å². The smallest absolute Gasteiger partial charge is 0.153 e. The Morgan fingerprint density at radius 2 is 1.71 bits per heavy atom. The Morgan fingerprint density at radius 1 is 0.929 bits per heavy atom. The third-order valence-electron chi connectivity index (χ3n) is 4.08. The maximum atomic E-state index is 9.43. The van der Waals surface area contributed by atoms with E-state index in [0.717, 1.165) is 5.56 Å². The minimum absolute atomic E-state index is 0.431. The van der Waals surface area contributed by atoms with Crippen molar-refractivity contribution in [2.45, 2.75) is 0 Å². The van der Waals surface area contributed by atoms with Gasteiger partial charge in [-0.1, -0.05) is 58.7 Å². The zero-order valence-electron chi connectivity index (χ0n) is 14.4. The molecule has 0 bridgehead atoms. The maximum Gasteiger partial charge on any atom is 0.153 e. The minimum Gasteiger partial charge on any atom is -0.453 e. The van der Waals surface area contributed by atoms with Crippen LogP contribution in [0.5, 0.6) is 11.5 Å². The topological polar surface area (TPSA) is 63.7 Å². The summed E-state index contributed by atoms with van der Waals surface area (Å²) in [6, 6.07) is 21.8. The average Bonchev–Trinajstić information content (AvgIpc) is 3.20. The maximum absolute atomic E-state index is 9.43. The molecule has 1 heterocycles. The predicted octanol–water partition coefficient (Wildman–Crippen LogP) is 5.91. The average molecular weight is 407 g/mol. The Bertz CT molecular complexity index is 1200. The van der Waals surface area contributed by atoms with E-state index in [1.807, 2.05) is 36.4 Å². The van der Waals surface area contributed by atoms with Gasteiger partial charge in [0.05, 0.1) is 28.5 Å². The number of nitriles is 1. The van der Waals surface area contributed by atoms with Gasteiger partial charge in [0.1, 0.15) is 11.4 Å². The standard InChI is InChI=1S/C21H12Cl2N4O/c22-15-9-10-17(23)21(11-15)28-20-8-4-3-7-18(20)27-19(13-25-26-27)16-6-2-1-5-14(16)12-24/h1-11,13H. The van der Waals surface area contributed by atoms with Gasteiger partial charge in [0.2, 0.25) is 0 Å². The second kappa shape index (κ2) is 7.73. The molecule has 0 aliphatic heterocycles. The van der Waals surface area contributed by atoms with Crippen LogP contribution in [0.25, 0.3) is 16.9 Å². The quantitative estimate of drug-likeness (QED) is 0.422. The lowest BCUT2D eigenvalue weighted by Crippen LogP contribution is -2.02. The van der Waals surface area contributed by atoms with Gasteiger partial charge in [-0.2, -0.15) is 5.26 Å². The van der Waals surface area contributed by atoms with E-state index >= 15 is 0 Å². The number of hydrogen-bond acceptors (Lipinski definition) is 4. The Kier molecular flexibility index (Phi) is 4.98. The number of benzene rings is 3. The van der Waals surface area contributed by atoms with Gasteiger partial charge in [0.15, 0.2) is 5.75 Å². The Morgan fingerprint density at radius 3 is 2.57 bits per heavy atom. The first-order valence-corrected chi connectivity index (χ1v) is 9.05. The number of ether oxygens (including phenoxy) is 1. The van der Waals surface area contributed by atoms with Crippen LogP contribution in [0.15, 0.2) is 72.9 Å². The summed E-state index contributed by atoms with van der Waals surface area (Å²) in [6.07, 6.45) is 1.61. The molecule has 0 atom stereocenters. The fraction of sp³-hybridized carbons (Fsp3) is 0. The van der Waals surface area contributed by atoms with Crippen LogP contribution in [0.4, 0.5) is 0 Å².